The Morgan fingerprint density at radius 2 is 1.36 bits per heavy atom. The van der Waals surface area contributed by atoms with E-state index in [0.29, 0.717) is 17.7 Å². The fraction of sp³-hybridized carbons (Fsp3) is 0.250. The zero-order valence-corrected chi connectivity index (χ0v) is 17.4. The summed E-state index contributed by atoms with van der Waals surface area (Å²) in [6, 6.07) is 8.88. The topological polar surface area (TPSA) is 18.5 Å². The van der Waals surface area contributed by atoms with Crippen molar-refractivity contribution in [1.29, 1.82) is 0 Å². The zero-order valence-electron chi connectivity index (χ0n) is 17.4. The van der Waals surface area contributed by atoms with Crippen LogP contribution in [-0.4, -0.2) is 13.3 Å². The maximum Gasteiger partial charge on any atom is 0.432 e. The number of hydrogen-bond donors (Lipinski definition) is 0. The highest BCUT2D eigenvalue weighted by atomic mass is 19.3. The van der Waals surface area contributed by atoms with Gasteiger partial charge in [0.25, 0.3) is 0 Å². The van der Waals surface area contributed by atoms with Crippen molar-refractivity contribution in [2.45, 2.75) is 25.9 Å². The molecule has 0 saturated carbocycles. The Balaban J connectivity index is 1.88. The van der Waals surface area contributed by atoms with Crippen molar-refractivity contribution in [3.63, 3.8) is 0 Å². The summed E-state index contributed by atoms with van der Waals surface area (Å²) in [6.45, 7) is 0.803. The van der Waals surface area contributed by atoms with E-state index < -0.39 is 53.1 Å². The summed E-state index contributed by atoms with van der Waals surface area (Å²) < 4.78 is 107. The van der Waals surface area contributed by atoms with Crippen LogP contribution >= 0.6 is 0 Å². The van der Waals surface area contributed by atoms with Crippen LogP contribution in [0.1, 0.15) is 24.5 Å². The van der Waals surface area contributed by atoms with Crippen molar-refractivity contribution < 1.29 is 40.2 Å². The van der Waals surface area contributed by atoms with Gasteiger partial charge < -0.3 is 9.47 Å². The number of halogens is 7. The van der Waals surface area contributed by atoms with Gasteiger partial charge in [0, 0.05) is 18.6 Å². The predicted molar refractivity (Wildman–Crippen MR) is 108 cm³/mol. The van der Waals surface area contributed by atoms with E-state index in [2.05, 4.69) is 4.74 Å². The Morgan fingerprint density at radius 3 is 1.88 bits per heavy atom. The molecule has 0 atom stereocenters. The van der Waals surface area contributed by atoms with Gasteiger partial charge in [0.15, 0.2) is 17.4 Å². The lowest BCUT2D eigenvalue weighted by Gasteiger charge is -2.20. The summed E-state index contributed by atoms with van der Waals surface area (Å²) in [5, 5.41) is 0. The van der Waals surface area contributed by atoms with E-state index in [-0.39, 0.29) is 18.6 Å². The van der Waals surface area contributed by atoms with Crippen molar-refractivity contribution in [3.05, 3.63) is 82.9 Å². The van der Waals surface area contributed by atoms with Gasteiger partial charge in [0.05, 0.1) is 13.3 Å². The Morgan fingerprint density at radius 1 is 0.788 bits per heavy atom. The quantitative estimate of drug-likeness (QED) is 0.240. The van der Waals surface area contributed by atoms with Gasteiger partial charge in [-0.05, 0) is 35.2 Å². The zero-order chi connectivity index (χ0) is 24.2. The molecule has 2 nitrogen and oxygen atoms in total. The molecule has 0 bridgehead atoms. The molecule has 3 rings (SSSR count). The van der Waals surface area contributed by atoms with Crippen LogP contribution in [0.5, 0.6) is 11.5 Å². The average molecular weight is 472 g/mol. The average Bonchev–Trinajstić information content (AvgIpc) is 2.74. The van der Waals surface area contributed by atoms with Gasteiger partial charge >= 0.3 is 6.11 Å². The Kier molecular flexibility index (Phi) is 7.50. The SMILES string of the molecule is CCc1ccc(-c2cc(F)c(C(F)(F)Oc3cc(F)c(OCCCF)c(F)c3)c(F)c2)cc1. The van der Waals surface area contributed by atoms with Crippen molar-refractivity contribution >= 4 is 0 Å². The van der Waals surface area contributed by atoms with E-state index in [1.165, 1.54) is 0 Å². The summed E-state index contributed by atoms with van der Waals surface area (Å²) >= 11 is 0. The van der Waals surface area contributed by atoms with Gasteiger partial charge in [-0.3, -0.25) is 4.39 Å². The summed E-state index contributed by atoms with van der Waals surface area (Å²) in [4.78, 5) is 0. The molecule has 3 aromatic carbocycles. The van der Waals surface area contributed by atoms with Crippen LogP contribution in [0.2, 0.25) is 0 Å². The molecule has 0 unspecified atom stereocenters. The third-order valence-electron chi connectivity index (χ3n) is 4.77. The largest absolute Gasteiger partial charge is 0.488 e. The number of ether oxygens (including phenoxy) is 2. The minimum Gasteiger partial charge on any atom is -0.488 e. The third kappa shape index (κ3) is 5.58. The molecule has 0 aliphatic heterocycles. The van der Waals surface area contributed by atoms with E-state index in [0.717, 1.165) is 24.1 Å². The lowest BCUT2D eigenvalue weighted by Crippen LogP contribution is -2.25. The van der Waals surface area contributed by atoms with Crippen molar-refractivity contribution in [3.8, 4) is 22.6 Å². The lowest BCUT2D eigenvalue weighted by atomic mass is 10.0. The van der Waals surface area contributed by atoms with Crippen molar-refractivity contribution in [1.82, 2.24) is 0 Å². The number of benzene rings is 3. The first-order valence-electron chi connectivity index (χ1n) is 9.99. The number of aryl methyl sites for hydroxylation is 1. The Labute approximate surface area is 185 Å². The molecule has 0 fully saturated rings. The van der Waals surface area contributed by atoms with E-state index in [1.807, 2.05) is 6.92 Å². The van der Waals surface area contributed by atoms with Crippen LogP contribution in [0.4, 0.5) is 30.7 Å². The van der Waals surface area contributed by atoms with Gasteiger partial charge in [0.1, 0.15) is 22.9 Å². The standard InChI is InChI=1S/C24H19F7O2/c1-2-14-4-6-15(7-5-14)16-10-18(26)22(19(27)11-16)24(30,31)33-17-12-20(28)23(21(29)13-17)32-9-3-8-25/h4-7,10-13H,2-3,8-9H2,1H3. The van der Waals surface area contributed by atoms with Crippen LogP contribution in [0.25, 0.3) is 11.1 Å². The predicted octanol–water partition coefficient (Wildman–Crippen LogP) is 7.34. The molecule has 0 amide bonds. The molecule has 0 heterocycles. The fourth-order valence-electron chi connectivity index (χ4n) is 3.11. The summed E-state index contributed by atoms with van der Waals surface area (Å²) in [5.41, 5.74) is -0.289. The van der Waals surface area contributed by atoms with E-state index >= 15 is 0 Å². The second-order valence-corrected chi connectivity index (χ2v) is 7.09. The van der Waals surface area contributed by atoms with Gasteiger partial charge in [-0.25, -0.2) is 17.6 Å². The maximum atomic E-state index is 14.6. The fourth-order valence-corrected chi connectivity index (χ4v) is 3.11. The van der Waals surface area contributed by atoms with E-state index in [9.17, 15) is 30.7 Å². The van der Waals surface area contributed by atoms with E-state index in [1.54, 1.807) is 24.3 Å². The molecular formula is C24H19F7O2. The van der Waals surface area contributed by atoms with Crippen molar-refractivity contribution in [2.75, 3.05) is 13.3 Å². The van der Waals surface area contributed by atoms with Crippen LogP contribution in [0.3, 0.4) is 0 Å². The number of rotatable bonds is 9. The van der Waals surface area contributed by atoms with Crippen LogP contribution < -0.4 is 9.47 Å². The first-order chi connectivity index (χ1) is 15.7. The molecule has 0 N–H and O–H groups in total. The molecule has 176 valence electrons. The monoisotopic (exact) mass is 472 g/mol. The molecule has 0 aliphatic carbocycles. The summed E-state index contributed by atoms with van der Waals surface area (Å²) in [6.07, 6.45) is -3.97. The third-order valence-corrected chi connectivity index (χ3v) is 4.77. The van der Waals surface area contributed by atoms with Gasteiger partial charge in [-0.1, -0.05) is 31.2 Å². The van der Waals surface area contributed by atoms with Crippen LogP contribution in [0.15, 0.2) is 48.5 Å². The Hall–Kier alpha value is -3.23. The first-order valence-corrected chi connectivity index (χ1v) is 9.99. The second kappa shape index (κ2) is 10.1. The highest BCUT2D eigenvalue weighted by Gasteiger charge is 2.41. The molecule has 0 aliphatic rings. The number of alkyl halides is 3. The minimum absolute atomic E-state index is 0.0269. The molecule has 3 aromatic rings. The van der Waals surface area contributed by atoms with Crippen LogP contribution in [-0.2, 0) is 12.5 Å². The highest BCUT2D eigenvalue weighted by molar-refractivity contribution is 5.64. The van der Waals surface area contributed by atoms with Gasteiger partial charge in [0.2, 0.25) is 0 Å². The molecule has 0 radical (unpaired) electrons. The normalized spacial score (nSPS) is 11.5. The number of hydrogen-bond acceptors (Lipinski definition) is 2. The summed E-state index contributed by atoms with van der Waals surface area (Å²) in [5.74, 6) is -7.91. The highest BCUT2D eigenvalue weighted by Crippen LogP contribution is 2.38. The Bertz CT molecular complexity index is 1070. The molecule has 0 spiro atoms. The minimum atomic E-state index is -4.59. The first kappa shape index (κ1) is 24.4. The van der Waals surface area contributed by atoms with Crippen LogP contribution in [0, 0.1) is 23.3 Å². The molecule has 33 heavy (non-hydrogen) atoms. The molecule has 0 saturated heterocycles. The second-order valence-electron chi connectivity index (χ2n) is 7.09. The van der Waals surface area contributed by atoms with Crippen molar-refractivity contribution in [2.24, 2.45) is 0 Å². The molecule has 0 aromatic heterocycles. The van der Waals surface area contributed by atoms with Gasteiger partial charge in [-0.15, -0.1) is 0 Å². The summed E-state index contributed by atoms with van der Waals surface area (Å²) in [7, 11) is 0. The smallest absolute Gasteiger partial charge is 0.432 e. The molecule has 9 heteroatoms. The van der Waals surface area contributed by atoms with Gasteiger partial charge in [-0.2, -0.15) is 8.78 Å². The van der Waals surface area contributed by atoms with E-state index in [4.69, 9.17) is 4.74 Å². The molecular weight excluding hydrogens is 453 g/mol. The lowest BCUT2D eigenvalue weighted by molar-refractivity contribution is -0.189. The maximum absolute atomic E-state index is 14.6.